The van der Waals surface area contributed by atoms with Gasteiger partial charge in [0, 0.05) is 36.4 Å². The molecule has 3 heterocycles. The van der Waals surface area contributed by atoms with Gasteiger partial charge in [-0.05, 0) is 36.6 Å². The third-order valence-corrected chi connectivity index (χ3v) is 5.22. The topological polar surface area (TPSA) is 69.0 Å². The first-order valence-corrected chi connectivity index (χ1v) is 8.66. The Morgan fingerprint density at radius 2 is 1.96 bits per heavy atom. The van der Waals surface area contributed by atoms with Crippen LogP contribution in [0.5, 0.6) is 0 Å². The van der Waals surface area contributed by atoms with Crippen molar-refractivity contribution in [3.8, 4) is 0 Å². The molecule has 1 atom stereocenters. The molecule has 1 aromatic carbocycles. The van der Waals surface area contributed by atoms with E-state index in [9.17, 15) is 9.59 Å². The fourth-order valence-corrected chi connectivity index (χ4v) is 3.71. The number of aromatic nitrogens is 2. The SMILES string of the molecule is Cc1c[nH]c(=O)c2c(C(=O)N3CCC(c4ccc(Cl)cc4)C3)c[nH]c12. The maximum Gasteiger partial charge on any atom is 0.258 e. The monoisotopic (exact) mass is 355 g/mol. The number of rotatable bonds is 2. The number of pyridine rings is 1. The Hall–Kier alpha value is -2.53. The van der Waals surface area contributed by atoms with Crippen LogP contribution in [0.4, 0.5) is 0 Å². The summed E-state index contributed by atoms with van der Waals surface area (Å²) in [5.41, 5.74) is 3.03. The number of fused-ring (bicyclic) bond motifs is 1. The average molecular weight is 356 g/mol. The lowest BCUT2D eigenvalue weighted by molar-refractivity contribution is 0.0792. The molecule has 0 spiro atoms. The van der Waals surface area contributed by atoms with Gasteiger partial charge >= 0.3 is 0 Å². The van der Waals surface area contributed by atoms with Gasteiger partial charge in [-0.3, -0.25) is 9.59 Å². The molecule has 6 heteroatoms. The molecule has 1 amide bonds. The van der Waals surface area contributed by atoms with E-state index >= 15 is 0 Å². The van der Waals surface area contributed by atoms with E-state index in [-0.39, 0.29) is 11.5 Å². The van der Waals surface area contributed by atoms with Crippen molar-refractivity contribution in [3.63, 3.8) is 0 Å². The van der Waals surface area contributed by atoms with E-state index in [4.69, 9.17) is 11.6 Å². The summed E-state index contributed by atoms with van der Waals surface area (Å²) in [5, 5.41) is 1.16. The second kappa shape index (κ2) is 6.08. The predicted molar refractivity (Wildman–Crippen MR) is 98.4 cm³/mol. The van der Waals surface area contributed by atoms with Crippen LogP contribution < -0.4 is 5.56 Å². The van der Waals surface area contributed by atoms with E-state index in [0.29, 0.717) is 35.0 Å². The van der Waals surface area contributed by atoms with Crippen molar-refractivity contribution in [2.75, 3.05) is 13.1 Å². The van der Waals surface area contributed by atoms with Gasteiger partial charge in [0.15, 0.2) is 0 Å². The van der Waals surface area contributed by atoms with Gasteiger partial charge in [-0.1, -0.05) is 23.7 Å². The minimum atomic E-state index is -0.237. The third-order valence-electron chi connectivity index (χ3n) is 4.97. The number of aromatic amines is 2. The number of halogens is 1. The predicted octanol–water partition coefficient (Wildman–Crippen LogP) is 3.45. The molecule has 2 N–H and O–H groups in total. The van der Waals surface area contributed by atoms with E-state index in [1.807, 2.05) is 36.1 Å². The minimum absolute atomic E-state index is 0.0983. The molecule has 4 rings (SSSR count). The summed E-state index contributed by atoms with van der Waals surface area (Å²) in [6.07, 6.45) is 4.21. The molecule has 128 valence electrons. The molecule has 1 fully saturated rings. The number of carbonyl (C=O) groups excluding carboxylic acids is 1. The summed E-state index contributed by atoms with van der Waals surface area (Å²) in [6, 6.07) is 7.79. The van der Waals surface area contributed by atoms with Crippen molar-refractivity contribution in [1.82, 2.24) is 14.9 Å². The highest BCUT2D eigenvalue weighted by molar-refractivity contribution is 6.30. The molecule has 1 unspecified atom stereocenters. The number of nitrogens with one attached hydrogen (secondary N) is 2. The van der Waals surface area contributed by atoms with Crippen LogP contribution in [0.3, 0.4) is 0 Å². The van der Waals surface area contributed by atoms with Crippen LogP contribution in [0.25, 0.3) is 10.9 Å². The van der Waals surface area contributed by atoms with Crippen molar-refractivity contribution < 1.29 is 4.79 Å². The fourth-order valence-electron chi connectivity index (χ4n) is 3.58. The molecular weight excluding hydrogens is 338 g/mol. The van der Waals surface area contributed by atoms with Gasteiger partial charge in [0.1, 0.15) is 0 Å². The molecule has 5 nitrogen and oxygen atoms in total. The van der Waals surface area contributed by atoms with Crippen LogP contribution in [-0.4, -0.2) is 33.9 Å². The zero-order chi connectivity index (χ0) is 17.6. The fraction of sp³-hybridized carbons (Fsp3) is 0.263. The van der Waals surface area contributed by atoms with E-state index in [2.05, 4.69) is 9.97 Å². The second-order valence-corrected chi connectivity index (χ2v) is 6.98. The molecule has 1 aliphatic rings. The Morgan fingerprint density at radius 1 is 1.20 bits per heavy atom. The number of likely N-dealkylation sites (tertiary alicyclic amines) is 1. The molecule has 25 heavy (non-hydrogen) atoms. The Balaban J connectivity index is 1.61. The van der Waals surface area contributed by atoms with Crippen LogP contribution in [0, 0.1) is 6.92 Å². The zero-order valence-electron chi connectivity index (χ0n) is 13.8. The Bertz CT molecular complexity index is 1000. The van der Waals surface area contributed by atoms with E-state index in [1.165, 1.54) is 5.56 Å². The van der Waals surface area contributed by atoms with Crippen LogP contribution in [-0.2, 0) is 0 Å². The van der Waals surface area contributed by atoms with Gasteiger partial charge < -0.3 is 14.9 Å². The Labute approximate surface area is 149 Å². The van der Waals surface area contributed by atoms with Gasteiger partial charge in [-0.25, -0.2) is 0 Å². The average Bonchev–Trinajstić information content (AvgIpc) is 3.26. The lowest BCUT2D eigenvalue weighted by atomic mass is 9.99. The minimum Gasteiger partial charge on any atom is -0.360 e. The molecule has 0 bridgehead atoms. The number of amides is 1. The number of H-pyrrole nitrogens is 2. The van der Waals surface area contributed by atoms with Crippen LogP contribution in [0.15, 0.2) is 41.5 Å². The normalized spacial score (nSPS) is 17.4. The van der Waals surface area contributed by atoms with E-state index in [1.54, 1.807) is 12.4 Å². The standard InChI is InChI=1S/C19H18ClN3O2/c1-11-8-22-18(24)16-15(9-21-17(11)16)19(25)23-7-6-13(10-23)12-2-4-14(20)5-3-12/h2-5,8-9,13,21H,6-7,10H2,1H3,(H,22,24). The third kappa shape index (κ3) is 2.74. The van der Waals surface area contributed by atoms with Gasteiger partial charge in [0.05, 0.1) is 16.5 Å². The molecule has 3 aromatic rings. The Kier molecular flexibility index (Phi) is 3.88. The van der Waals surface area contributed by atoms with Crippen LogP contribution in [0.2, 0.25) is 5.02 Å². The second-order valence-electron chi connectivity index (χ2n) is 6.54. The molecule has 1 saturated heterocycles. The summed E-state index contributed by atoms with van der Waals surface area (Å²) >= 11 is 5.95. The number of hydrogen-bond acceptors (Lipinski definition) is 2. The highest BCUT2D eigenvalue weighted by Gasteiger charge is 2.29. The molecule has 0 aliphatic carbocycles. The lowest BCUT2D eigenvalue weighted by Crippen LogP contribution is -2.29. The zero-order valence-corrected chi connectivity index (χ0v) is 14.6. The first kappa shape index (κ1) is 16.0. The van der Waals surface area contributed by atoms with Crippen molar-refractivity contribution in [1.29, 1.82) is 0 Å². The number of carbonyl (C=O) groups is 1. The van der Waals surface area contributed by atoms with Gasteiger partial charge in [-0.2, -0.15) is 0 Å². The lowest BCUT2D eigenvalue weighted by Gasteiger charge is -2.16. The maximum absolute atomic E-state index is 12.9. The van der Waals surface area contributed by atoms with E-state index < -0.39 is 0 Å². The molecule has 0 radical (unpaired) electrons. The van der Waals surface area contributed by atoms with E-state index in [0.717, 1.165) is 17.5 Å². The number of benzene rings is 1. The highest BCUT2D eigenvalue weighted by atomic mass is 35.5. The number of nitrogens with zero attached hydrogens (tertiary/aromatic N) is 1. The van der Waals surface area contributed by atoms with Crippen molar-refractivity contribution in [2.24, 2.45) is 0 Å². The van der Waals surface area contributed by atoms with Crippen molar-refractivity contribution >= 4 is 28.4 Å². The first-order chi connectivity index (χ1) is 12.0. The molecule has 1 aliphatic heterocycles. The largest absolute Gasteiger partial charge is 0.360 e. The summed E-state index contributed by atoms with van der Waals surface area (Å²) in [7, 11) is 0. The molecule has 2 aromatic heterocycles. The quantitative estimate of drug-likeness (QED) is 0.739. The first-order valence-electron chi connectivity index (χ1n) is 8.28. The highest BCUT2D eigenvalue weighted by Crippen LogP contribution is 2.30. The smallest absolute Gasteiger partial charge is 0.258 e. The Morgan fingerprint density at radius 3 is 2.72 bits per heavy atom. The van der Waals surface area contributed by atoms with Gasteiger partial charge in [0.25, 0.3) is 11.5 Å². The summed E-state index contributed by atoms with van der Waals surface area (Å²) in [6.45, 7) is 3.23. The van der Waals surface area contributed by atoms with Crippen molar-refractivity contribution in [3.05, 3.63) is 68.7 Å². The van der Waals surface area contributed by atoms with Crippen LogP contribution in [0.1, 0.15) is 33.8 Å². The number of hydrogen-bond donors (Lipinski definition) is 2. The molecule has 0 saturated carbocycles. The van der Waals surface area contributed by atoms with Crippen molar-refractivity contribution in [2.45, 2.75) is 19.3 Å². The molecular formula is C19H18ClN3O2. The van der Waals surface area contributed by atoms with Gasteiger partial charge in [0.2, 0.25) is 0 Å². The summed E-state index contributed by atoms with van der Waals surface area (Å²) < 4.78 is 0. The summed E-state index contributed by atoms with van der Waals surface area (Å²) in [4.78, 5) is 32.7. The van der Waals surface area contributed by atoms with Gasteiger partial charge in [-0.15, -0.1) is 0 Å². The summed E-state index contributed by atoms with van der Waals surface area (Å²) in [5.74, 6) is 0.199. The maximum atomic E-state index is 12.9. The number of aryl methyl sites for hydroxylation is 1. The van der Waals surface area contributed by atoms with Crippen LogP contribution >= 0.6 is 11.6 Å².